The molecular weight excluding hydrogens is 641 g/mol. The summed E-state index contributed by atoms with van der Waals surface area (Å²) in [5, 5.41) is 11.9. The first-order valence-corrected chi connectivity index (χ1v) is 19.0. The average Bonchev–Trinajstić information content (AvgIpc) is 3.25. The number of para-hydroxylation sites is 2. The van der Waals surface area contributed by atoms with Crippen LogP contribution in [0, 0.1) is 0 Å². The Balaban J connectivity index is 0.000000201. The SMILES string of the molecule is CC.CC.CC.c1ccc(Cc2ccccc2)cc1.c1ccc(Nc2cccc3ccccc23)cc1.c1ccc(Nc2cccc3ccccc23)cc1. The maximum absolute atomic E-state index is 3.45. The molecule has 53 heavy (non-hydrogen) atoms. The van der Waals surface area contributed by atoms with Crippen LogP contribution in [-0.4, -0.2) is 0 Å². The second-order valence-corrected chi connectivity index (χ2v) is 11.2. The molecule has 0 atom stereocenters. The lowest BCUT2D eigenvalue weighted by atomic mass is 10.1. The lowest BCUT2D eigenvalue weighted by Gasteiger charge is -2.09. The van der Waals surface area contributed by atoms with Gasteiger partial charge in [0.15, 0.2) is 0 Å². The maximum Gasteiger partial charge on any atom is 0.0463 e. The van der Waals surface area contributed by atoms with Gasteiger partial charge in [-0.15, -0.1) is 0 Å². The maximum atomic E-state index is 3.45. The van der Waals surface area contributed by atoms with Crippen molar-refractivity contribution in [2.75, 3.05) is 10.6 Å². The van der Waals surface area contributed by atoms with Gasteiger partial charge in [0.25, 0.3) is 0 Å². The summed E-state index contributed by atoms with van der Waals surface area (Å²) in [6.45, 7) is 12.0. The fraction of sp³-hybridized carbons (Fsp3) is 0.137. The average molecular weight is 697 g/mol. The first kappa shape index (κ1) is 41.3. The summed E-state index contributed by atoms with van der Waals surface area (Å²) in [6, 6.07) is 71.0. The highest BCUT2D eigenvalue weighted by molar-refractivity contribution is 5.96. The molecule has 0 bridgehead atoms. The molecule has 2 N–H and O–H groups in total. The topological polar surface area (TPSA) is 24.1 Å². The van der Waals surface area contributed by atoms with Gasteiger partial charge < -0.3 is 10.6 Å². The number of fused-ring (bicyclic) bond motifs is 2. The van der Waals surface area contributed by atoms with Gasteiger partial charge in [-0.1, -0.05) is 211 Å². The molecule has 0 fully saturated rings. The summed E-state index contributed by atoms with van der Waals surface area (Å²) in [7, 11) is 0. The summed E-state index contributed by atoms with van der Waals surface area (Å²) >= 11 is 0. The number of nitrogens with one attached hydrogen (secondary N) is 2. The summed E-state index contributed by atoms with van der Waals surface area (Å²) in [6.07, 6.45) is 1.03. The zero-order valence-corrected chi connectivity index (χ0v) is 32.3. The van der Waals surface area contributed by atoms with E-state index in [2.05, 4.69) is 180 Å². The minimum Gasteiger partial charge on any atom is -0.355 e. The molecule has 0 aromatic heterocycles. The molecule has 0 heterocycles. The molecule has 0 unspecified atom stereocenters. The number of anilines is 4. The first-order chi connectivity index (χ1) is 26.3. The summed E-state index contributed by atoms with van der Waals surface area (Å²) in [5.41, 5.74) is 7.26. The molecule has 270 valence electrons. The standard InChI is InChI=1S/2C16H13N.C13H12.3C2H6/c2*1-2-9-14(10-3-1)17-16-12-6-8-13-7-4-5-11-15(13)16;1-3-7-12(8-4-1)11-13-9-5-2-6-10-13;3*1-2/h2*1-12,17H;1-10H,11H2;3*1-2H3. The lowest BCUT2D eigenvalue weighted by molar-refractivity contribution is 1.19. The Hall–Kier alpha value is -6.12. The molecule has 8 aromatic carbocycles. The number of hydrogen-bond donors (Lipinski definition) is 2. The van der Waals surface area contributed by atoms with Gasteiger partial charge in [0.05, 0.1) is 0 Å². The van der Waals surface area contributed by atoms with Crippen molar-refractivity contribution < 1.29 is 0 Å². The van der Waals surface area contributed by atoms with E-state index in [0.717, 1.165) is 29.2 Å². The number of benzene rings is 8. The van der Waals surface area contributed by atoms with Crippen molar-refractivity contribution in [2.45, 2.75) is 48.0 Å². The smallest absolute Gasteiger partial charge is 0.0463 e. The van der Waals surface area contributed by atoms with Gasteiger partial charge in [-0.25, -0.2) is 0 Å². The Morgan fingerprint density at radius 3 is 0.925 bits per heavy atom. The van der Waals surface area contributed by atoms with Gasteiger partial charge in [-0.05, 0) is 64.7 Å². The number of rotatable bonds is 6. The Morgan fingerprint density at radius 1 is 0.283 bits per heavy atom. The molecule has 0 radical (unpaired) electrons. The second kappa shape index (κ2) is 24.9. The minimum atomic E-state index is 1.03. The lowest BCUT2D eigenvalue weighted by Crippen LogP contribution is -1.90. The first-order valence-electron chi connectivity index (χ1n) is 19.0. The highest BCUT2D eigenvalue weighted by Gasteiger charge is 2.01. The molecule has 0 saturated carbocycles. The van der Waals surface area contributed by atoms with Crippen molar-refractivity contribution >= 4 is 44.3 Å². The predicted molar refractivity (Wildman–Crippen MR) is 237 cm³/mol. The quantitative estimate of drug-likeness (QED) is 0.181. The van der Waals surface area contributed by atoms with E-state index < -0.39 is 0 Å². The van der Waals surface area contributed by atoms with Crippen LogP contribution in [0.1, 0.15) is 52.7 Å². The molecule has 8 rings (SSSR count). The number of hydrogen-bond acceptors (Lipinski definition) is 2. The van der Waals surface area contributed by atoms with Crippen LogP contribution in [0.25, 0.3) is 21.5 Å². The molecule has 2 nitrogen and oxygen atoms in total. The fourth-order valence-electron chi connectivity index (χ4n) is 5.45. The zero-order valence-electron chi connectivity index (χ0n) is 32.3. The third-order valence-corrected chi connectivity index (χ3v) is 7.78. The summed E-state index contributed by atoms with van der Waals surface area (Å²) < 4.78 is 0. The molecular formula is C51H56N2. The van der Waals surface area contributed by atoms with E-state index in [4.69, 9.17) is 0 Å². The van der Waals surface area contributed by atoms with E-state index in [1.807, 2.05) is 77.9 Å². The van der Waals surface area contributed by atoms with Gasteiger partial charge in [0.2, 0.25) is 0 Å². The van der Waals surface area contributed by atoms with E-state index in [-0.39, 0.29) is 0 Å². The zero-order chi connectivity index (χ0) is 37.9. The Morgan fingerprint density at radius 2 is 0.566 bits per heavy atom. The van der Waals surface area contributed by atoms with E-state index in [9.17, 15) is 0 Å². The van der Waals surface area contributed by atoms with Crippen molar-refractivity contribution in [1.29, 1.82) is 0 Å². The van der Waals surface area contributed by atoms with Gasteiger partial charge >= 0.3 is 0 Å². The molecule has 0 saturated heterocycles. The van der Waals surface area contributed by atoms with Gasteiger partial charge in [-0.2, -0.15) is 0 Å². The van der Waals surface area contributed by atoms with Crippen LogP contribution in [0.2, 0.25) is 0 Å². The third-order valence-electron chi connectivity index (χ3n) is 7.78. The molecule has 0 amide bonds. The van der Waals surface area contributed by atoms with E-state index >= 15 is 0 Å². The van der Waals surface area contributed by atoms with E-state index in [0.29, 0.717) is 0 Å². The van der Waals surface area contributed by atoms with E-state index in [1.165, 1.54) is 32.7 Å². The largest absolute Gasteiger partial charge is 0.355 e. The van der Waals surface area contributed by atoms with E-state index in [1.54, 1.807) is 0 Å². The van der Waals surface area contributed by atoms with Gasteiger partial charge in [0.1, 0.15) is 0 Å². The predicted octanol–water partition coefficient (Wildman–Crippen LogP) is 15.5. The molecule has 8 aromatic rings. The highest BCUT2D eigenvalue weighted by atomic mass is 14.9. The van der Waals surface area contributed by atoms with Crippen molar-refractivity contribution in [3.8, 4) is 0 Å². The van der Waals surface area contributed by atoms with Crippen molar-refractivity contribution in [1.82, 2.24) is 0 Å². The van der Waals surface area contributed by atoms with Crippen LogP contribution in [0.4, 0.5) is 22.7 Å². The molecule has 0 spiro atoms. The van der Waals surface area contributed by atoms with Crippen LogP contribution in [0.3, 0.4) is 0 Å². The van der Waals surface area contributed by atoms with Crippen LogP contribution in [0.5, 0.6) is 0 Å². The normalized spacial score (nSPS) is 9.40. The third kappa shape index (κ3) is 13.8. The molecule has 0 aliphatic rings. The summed E-state index contributed by atoms with van der Waals surface area (Å²) in [4.78, 5) is 0. The van der Waals surface area contributed by atoms with Crippen molar-refractivity contribution in [3.63, 3.8) is 0 Å². The van der Waals surface area contributed by atoms with Crippen molar-refractivity contribution in [2.24, 2.45) is 0 Å². The molecule has 2 heteroatoms. The fourth-order valence-corrected chi connectivity index (χ4v) is 5.45. The van der Waals surface area contributed by atoms with Crippen LogP contribution in [0.15, 0.2) is 206 Å². The highest BCUT2D eigenvalue weighted by Crippen LogP contribution is 2.27. The minimum absolute atomic E-state index is 1.03. The Kier molecular flexibility index (Phi) is 19.4. The molecule has 0 aliphatic carbocycles. The van der Waals surface area contributed by atoms with Gasteiger partial charge in [0, 0.05) is 33.5 Å². The summed E-state index contributed by atoms with van der Waals surface area (Å²) in [5.74, 6) is 0. The van der Waals surface area contributed by atoms with Crippen LogP contribution in [-0.2, 0) is 6.42 Å². The Labute approximate surface area is 319 Å². The monoisotopic (exact) mass is 696 g/mol. The van der Waals surface area contributed by atoms with Crippen LogP contribution < -0.4 is 10.6 Å². The van der Waals surface area contributed by atoms with Crippen LogP contribution >= 0.6 is 0 Å². The second-order valence-electron chi connectivity index (χ2n) is 11.2. The van der Waals surface area contributed by atoms with Gasteiger partial charge in [-0.3, -0.25) is 0 Å². The Bertz CT molecular complexity index is 1930. The van der Waals surface area contributed by atoms with Crippen molar-refractivity contribution in [3.05, 3.63) is 217 Å². The molecule has 0 aliphatic heterocycles.